The molecule has 0 aliphatic heterocycles. The van der Waals surface area contributed by atoms with E-state index in [4.69, 9.17) is 9.84 Å². The molecule has 0 bridgehead atoms. The molecule has 0 saturated heterocycles. The van der Waals surface area contributed by atoms with Gasteiger partial charge in [-0.05, 0) is 6.42 Å². The molecule has 0 aromatic carbocycles. The molecule has 0 aliphatic rings. The Kier molecular flexibility index (Phi) is 14.2. The average molecular weight is 389 g/mol. The third-order valence-electron chi connectivity index (χ3n) is 4.49. The molecule has 27 heavy (non-hydrogen) atoms. The van der Waals surface area contributed by atoms with Gasteiger partial charge in [-0.1, -0.05) is 64.7 Å². The number of esters is 1. The molecule has 1 unspecified atom stereocenters. The summed E-state index contributed by atoms with van der Waals surface area (Å²) in [7, 11) is 5.75. The Labute approximate surface area is 165 Å². The highest BCUT2D eigenvalue weighted by molar-refractivity contribution is 5.71. The zero-order valence-corrected chi connectivity index (χ0v) is 17.9. The van der Waals surface area contributed by atoms with Gasteiger partial charge in [0.25, 0.3) is 0 Å². The molecule has 0 heterocycles. The summed E-state index contributed by atoms with van der Waals surface area (Å²) in [4.78, 5) is 23.0. The minimum absolute atomic E-state index is 0.0652. The normalized spacial score (nSPS) is 14.0. The smallest absolute Gasteiger partial charge is 0.308 e. The molecule has 2 atom stereocenters. The number of quaternary nitrogens is 1. The number of hydrogen-bond donors (Lipinski definition) is 2. The van der Waals surface area contributed by atoms with Gasteiger partial charge in [0, 0.05) is 0 Å². The van der Waals surface area contributed by atoms with Crippen LogP contribution in [-0.4, -0.2) is 66.5 Å². The van der Waals surface area contributed by atoms with E-state index in [1.807, 2.05) is 21.1 Å². The number of carbonyl (C=O) groups excluding carboxylic acids is 1. The average Bonchev–Trinajstić information content (AvgIpc) is 2.50. The van der Waals surface area contributed by atoms with Crippen molar-refractivity contribution in [2.45, 2.75) is 96.2 Å². The molecule has 0 radical (unpaired) electrons. The fourth-order valence-electron chi connectivity index (χ4n) is 3.17. The van der Waals surface area contributed by atoms with Crippen LogP contribution in [0.2, 0.25) is 0 Å². The Morgan fingerprint density at radius 3 is 1.89 bits per heavy atom. The van der Waals surface area contributed by atoms with Gasteiger partial charge >= 0.3 is 11.9 Å². The Morgan fingerprint density at radius 2 is 1.41 bits per heavy atom. The summed E-state index contributed by atoms with van der Waals surface area (Å²) in [6.45, 7) is 2.64. The van der Waals surface area contributed by atoms with Crippen LogP contribution in [0.5, 0.6) is 0 Å². The van der Waals surface area contributed by atoms with Crippen molar-refractivity contribution in [1.82, 2.24) is 0 Å². The number of unbranched alkanes of at least 4 members (excludes halogenated alkanes) is 8. The number of carboxylic acid groups (broad SMARTS) is 1. The standard InChI is InChI=1S/C21H41NO5/c1-5-6-7-8-9-10-11-12-13-14-18(23)15-21(26)27-19(16-20(24)25)17-22(2,3)4/h18-19,23H,5-17H2,1-4H3/p+1/t18?,19-/m1/s1. The molecule has 0 saturated carbocycles. The fourth-order valence-corrected chi connectivity index (χ4v) is 3.17. The van der Waals surface area contributed by atoms with E-state index in [1.165, 1.54) is 44.9 Å². The zero-order valence-electron chi connectivity index (χ0n) is 17.9. The minimum Gasteiger partial charge on any atom is -0.481 e. The SMILES string of the molecule is CCCCCCCCCCCC(O)CC(=O)O[C@H](CC(=O)O)C[N+](C)(C)C. The molecule has 0 fully saturated rings. The molecule has 0 spiro atoms. The summed E-state index contributed by atoms with van der Waals surface area (Å²) in [5.74, 6) is -1.50. The van der Waals surface area contributed by atoms with Crippen LogP contribution < -0.4 is 0 Å². The summed E-state index contributed by atoms with van der Waals surface area (Å²) in [5.41, 5.74) is 0. The molecule has 0 aromatic rings. The maximum atomic E-state index is 12.0. The Balaban J connectivity index is 3.93. The molecular formula is C21H42NO5+. The second-order valence-electron chi connectivity index (χ2n) is 8.66. The van der Waals surface area contributed by atoms with Gasteiger partial charge in [-0.15, -0.1) is 0 Å². The third-order valence-corrected chi connectivity index (χ3v) is 4.49. The van der Waals surface area contributed by atoms with Crippen LogP contribution in [0.4, 0.5) is 0 Å². The number of likely N-dealkylation sites (N-methyl/N-ethyl adjacent to an activating group) is 1. The molecule has 160 valence electrons. The number of ether oxygens (including phenoxy) is 1. The van der Waals surface area contributed by atoms with Crippen molar-refractivity contribution >= 4 is 11.9 Å². The number of aliphatic carboxylic acids is 1. The number of hydrogen-bond acceptors (Lipinski definition) is 4. The first-order valence-electron chi connectivity index (χ1n) is 10.5. The zero-order chi connectivity index (χ0) is 20.7. The van der Waals surface area contributed by atoms with Crippen molar-refractivity contribution in [2.24, 2.45) is 0 Å². The first kappa shape index (κ1) is 25.9. The van der Waals surface area contributed by atoms with Gasteiger partial charge in [0.2, 0.25) is 0 Å². The van der Waals surface area contributed by atoms with E-state index in [9.17, 15) is 14.7 Å². The van der Waals surface area contributed by atoms with Gasteiger partial charge in [0.1, 0.15) is 6.54 Å². The van der Waals surface area contributed by atoms with Gasteiger partial charge < -0.3 is 19.4 Å². The van der Waals surface area contributed by atoms with Gasteiger partial charge in [-0.2, -0.15) is 0 Å². The third kappa shape index (κ3) is 18.0. The summed E-state index contributed by atoms with van der Waals surface area (Å²) in [5, 5.41) is 19.0. The quantitative estimate of drug-likeness (QED) is 0.225. The Morgan fingerprint density at radius 1 is 0.889 bits per heavy atom. The lowest BCUT2D eigenvalue weighted by Crippen LogP contribution is -2.44. The number of carbonyl (C=O) groups is 2. The van der Waals surface area contributed by atoms with Crippen LogP contribution in [0.3, 0.4) is 0 Å². The summed E-state index contributed by atoms with van der Waals surface area (Å²) in [6.07, 6.45) is 9.83. The number of carboxylic acids is 1. The lowest BCUT2D eigenvalue weighted by atomic mass is 10.0. The molecule has 2 N–H and O–H groups in total. The van der Waals surface area contributed by atoms with Crippen molar-refractivity contribution in [2.75, 3.05) is 27.7 Å². The van der Waals surface area contributed by atoms with E-state index in [0.717, 1.165) is 12.8 Å². The maximum Gasteiger partial charge on any atom is 0.308 e. The molecule has 6 heteroatoms. The predicted octanol–water partition coefficient (Wildman–Crippen LogP) is 3.75. The maximum absolute atomic E-state index is 12.0. The van der Waals surface area contributed by atoms with Gasteiger partial charge in [0.05, 0.1) is 40.1 Å². The lowest BCUT2D eigenvalue weighted by Gasteiger charge is -2.28. The topological polar surface area (TPSA) is 83.8 Å². The number of aliphatic hydroxyl groups is 1. The lowest BCUT2D eigenvalue weighted by molar-refractivity contribution is -0.873. The molecule has 0 amide bonds. The van der Waals surface area contributed by atoms with Crippen molar-refractivity contribution in [3.05, 3.63) is 0 Å². The van der Waals surface area contributed by atoms with Gasteiger partial charge in [-0.25, -0.2) is 0 Å². The molecule has 0 rings (SSSR count). The molecule has 0 aliphatic carbocycles. The Bertz CT molecular complexity index is 406. The van der Waals surface area contributed by atoms with E-state index >= 15 is 0 Å². The van der Waals surface area contributed by atoms with Crippen molar-refractivity contribution in [3.63, 3.8) is 0 Å². The largest absolute Gasteiger partial charge is 0.481 e. The monoisotopic (exact) mass is 388 g/mol. The van der Waals surface area contributed by atoms with E-state index in [0.29, 0.717) is 17.4 Å². The van der Waals surface area contributed by atoms with Gasteiger partial charge in [-0.3, -0.25) is 9.59 Å². The number of nitrogens with zero attached hydrogens (tertiary/aromatic N) is 1. The second-order valence-corrected chi connectivity index (χ2v) is 8.66. The summed E-state index contributed by atoms with van der Waals surface area (Å²) < 4.78 is 5.81. The number of rotatable bonds is 17. The second kappa shape index (κ2) is 14.9. The predicted molar refractivity (Wildman–Crippen MR) is 108 cm³/mol. The van der Waals surface area contributed by atoms with Gasteiger partial charge in [0.15, 0.2) is 6.10 Å². The summed E-state index contributed by atoms with van der Waals surface area (Å²) >= 11 is 0. The minimum atomic E-state index is -0.989. The van der Waals surface area contributed by atoms with E-state index in [2.05, 4.69) is 6.92 Å². The molecule has 6 nitrogen and oxygen atoms in total. The van der Waals surface area contributed by atoms with Crippen molar-refractivity contribution < 1.29 is 29.0 Å². The van der Waals surface area contributed by atoms with Crippen LogP contribution in [0, 0.1) is 0 Å². The van der Waals surface area contributed by atoms with Crippen molar-refractivity contribution in [1.29, 1.82) is 0 Å². The molecule has 0 aromatic heterocycles. The Hall–Kier alpha value is -1.14. The number of aliphatic hydroxyl groups excluding tert-OH is 1. The van der Waals surface area contributed by atoms with Crippen LogP contribution >= 0.6 is 0 Å². The first-order valence-corrected chi connectivity index (χ1v) is 10.5. The first-order chi connectivity index (χ1) is 12.6. The van der Waals surface area contributed by atoms with Crippen LogP contribution in [-0.2, 0) is 14.3 Å². The summed E-state index contributed by atoms with van der Waals surface area (Å²) in [6, 6.07) is 0. The highest BCUT2D eigenvalue weighted by Gasteiger charge is 2.25. The fraction of sp³-hybridized carbons (Fsp3) is 0.905. The highest BCUT2D eigenvalue weighted by Crippen LogP contribution is 2.13. The molecular weight excluding hydrogens is 346 g/mol. The van der Waals surface area contributed by atoms with Crippen LogP contribution in [0.15, 0.2) is 0 Å². The highest BCUT2D eigenvalue weighted by atomic mass is 16.5. The van der Waals surface area contributed by atoms with E-state index < -0.39 is 24.1 Å². The van der Waals surface area contributed by atoms with Crippen LogP contribution in [0.25, 0.3) is 0 Å². The van der Waals surface area contributed by atoms with E-state index in [1.54, 1.807) is 0 Å². The van der Waals surface area contributed by atoms with Crippen LogP contribution in [0.1, 0.15) is 84.0 Å². The van der Waals surface area contributed by atoms with Crippen molar-refractivity contribution in [3.8, 4) is 0 Å². The van der Waals surface area contributed by atoms with E-state index in [-0.39, 0.29) is 12.8 Å².